The van der Waals surface area contributed by atoms with Crippen molar-refractivity contribution < 1.29 is 14.3 Å². The van der Waals surface area contributed by atoms with Crippen LogP contribution in [0.3, 0.4) is 0 Å². The van der Waals surface area contributed by atoms with Gasteiger partial charge in [0.15, 0.2) is 0 Å². The zero-order valence-corrected chi connectivity index (χ0v) is 21.1. The first-order chi connectivity index (χ1) is 18.1. The van der Waals surface area contributed by atoms with Gasteiger partial charge in [0.25, 0.3) is 0 Å². The first-order valence-electron chi connectivity index (χ1n) is 12.7. The fourth-order valence-corrected chi connectivity index (χ4v) is 5.32. The number of aromatic nitrogens is 2. The van der Waals surface area contributed by atoms with Crippen LogP contribution in [0.4, 0.5) is 11.4 Å². The second-order valence-electron chi connectivity index (χ2n) is 9.58. The lowest BCUT2D eigenvalue weighted by molar-refractivity contribution is -0.117. The average Bonchev–Trinajstić information content (AvgIpc) is 3.51. The van der Waals surface area contributed by atoms with Crippen molar-refractivity contribution in [1.82, 2.24) is 9.78 Å². The van der Waals surface area contributed by atoms with E-state index in [0.717, 1.165) is 47.8 Å². The molecule has 3 aromatic carbocycles. The van der Waals surface area contributed by atoms with Crippen molar-refractivity contribution in [3.63, 3.8) is 0 Å². The quantitative estimate of drug-likeness (QED) is 0.395. The minimum atomic E-state index is -0.245. The van der Waals surface area contributed by atoms with Gasteiger partial charge in [0.2, 0.25) is 5.91 Å². The maximum atomic E-state index is 13.3. The lowest BCUT2D eigenvalue weighted by atomic mass is 9.89. The second-order valence-corrected chi connectivity index (χ2v) is 9.58. The van der Waals surface area contributed by atoms with Crippen LogP contribution < -0.4 is 19.7 Å². The molecular formula is C30H30N4O3. The molecule has 0 radical (unpaired) electrons. The Morgan fingerprint density at radius 2 is 1.78 bits per heavy atom. The van der Waals surface area contributed by atoms with Crippen molar-refractivity contribution in [3.8, 4) is 22.6 Å². The summed E-state index contributed by atoms with van der Waals surface area (Å²) >= 11 is 0. The highest BCUT2D eigenvalue weighted by Crippen LogP contribution is 2.36. The molecule has 2 aliphatic rings. The third-order valence-corrected chi connectivity index (χ3v) is 7.28. The Hall–Kier alpha value is -4.26. The maximum Gasteiger partial charge on any atom is 0.249 e. The van der Waals surface area contributed by atoms with E-state index in [9.17, 15) is 4.79 Å². The molecule has 1 aliphatic carbocycles. The molecule has 1 fully saturated rings. The van der Waals surface area contributed by atoms with Crippen LogP contribution in [0.1, 0.15) is 23.2 Å². The number of hydrogen-bond acceptors (Lipinski definition) is 5. The van der Waals surface area contributed by atoms with Crippen LogP contribution in [-0.2, 0) is 24.2 Å². The number of nitrogens with one attached hydrogen (secondary N) is 1. The summed E-state index contributed by atoms with van der Waals surface area (Å²) < 4.78 is 12.6. The van der Waals surface area contributed by atoms with E-state index >= 15 is 0 Å². The van der Waals surface area contributed by atoms with E-state index in [4.69, 9.17) is 14.6 Å². The minimum absolute atomic E-state index is 0.103. The molecule has 1 unspecified atom stereocenters. The monoisotopic (exact) mass is 494 g/mol. The van der Waals surface area contributed by atoms with Crippen molar-refractivity contribution in [2.75, 3.05) is 31.0 Å². The van der Waals surface area contributed by atoms with Gasteiger partial charge in [-0.15, -0.1) is 0 Å². The van der Waals surface area contributed by atoms with Gasteiger partial charge in [-0.1, -0.05) is 24.3 Å². The van der Waals surface area contributed by atoms with Gasteiger partial charge in [-0.25, -0.2) is 0 Å². The molecule has 37 heavy (non-hydrogen) atoms. The van der Waals surface area contributed by atoms with Gasteiger partial charge < -0.3 is 19.7 Å². The Balaban J connectivity index is 1.18. The highest BCUT2D eigenvalue weighted by molar-refractivity contribution is 6.01. The molecule has 1 saturated heterocycles. The molecule has 1 amide bonds. The molecule has 1 N–H and O–H groups in total. The Morgan fingerprint density at radius 1 is 0.946 bits per heavy atom. The van der Waals surface area contributed by atoms with Crippen molar-refractivity contribution in [2.45, 2.75) is 31.8 Å². The number of anilines is 2. The molecule has 2 heterocycles. The first kappa shape index (κ1) is 23.2. The molecule has 7 nitrogen and oxygen atoms in total. The fourth-order valence-electron chi connectivity index (χ4n) is 5.32. The summed E-state index contributed by atoms with van der Waals surface area (Å²) in [5.74, 6) is 1.73. The summed E-state index contributed by atoms with van der Waals surface area (Å²) in [5.41, 5.74) is 7.84. The molecule has 7 heteroatoms. The SMILES string of the molecule is COc1ccc(Cn2cc3c(n2)CCc2cc(N4CCC(Nc5cccc(OC)c5)C4=O)ccc2-3)cc1. The Morgan fingerprint density at radius 3 is 2.59 bits per heavy atom. The third-order valence-electron chi connectivity index (χ3n) is 7.28. The van der Waals surface area contributed by atoms with E-state index in [1.807, 2.05) is 46.0 Å². The number of amides is 1. The Labute approximate surface area is 216 Å². The van der Waals surface area contributed by atoms with Gasteiger partial charge >= 0.3 is 0 Å². The predicted octanol–water partition coefficient (Wildman–Crippen LogP) is 4.93. The van der Waals surface area contributed by atoms with E-state index in [1.165, 1.54) is 22.3 Å². The normalized spacial score (nSPS) is 16.3. The number of ether oxygens (including phenoxy) is 2. The van der Waals surface area contributed by atoms with Crippen molar-refractivity contribution in [1.29, 1.82) is 0 Å². The van der Waals surface area contributed by atoms with Gasteiger partial charge in [-0.3, -0.25) is 9.48 Å². The van der Waals surface area contributed by atoms with E-state index in [0.29, 0.717) is 13.1 Å². The maximum absolute atomic E-state index is 13.3. The summed E-state index contributed by atoms with van der Waals surface area (Å²) in [4.78, 5) is 15.2. The fraction of sp³-hybridized carbons (Fsp3) is 0.267. The molecule has 0 bridgehead atoms. The van der Waals surface area contributed by atoms with Gasteiger partial charge in [-0.2, -0.15) is 5.10 Å². The molecule has 4 aromatic rings. The number of aryl methyl sites for hydroxylation is 2. The number of hydrogen-bond donors (Lipinski definition) is 1. The molecular weight excluding hydrogens is 464 g/mol. The zero-order chi connectivity index (χ0) is 25.4. The number of carbonyl (C=O) groups excluding carboxylic acids is 1. The molecule has 6 rings (SSSR count). The van der Waals surface area contributed by atoms with Gasteiger partial charge in [-0.05, 0) is 72.4 Å². The lowest BCUT2D eigenvalue weighted by Gasteiger charge is -2.21. The van der Waals surface area contributed by atoms with E-state index < -0.39 is 0 Å². The summed E-state index contributed by atoms with van der Waals surface area (Å²) in [7, 11) is 3.32. The summed E-state index contributed by atoms with van der Waals surface area (Å²) in [5, 5.41) is 8.25. The van der Waals surface area contributed by atoms with Crippen LogP contribution in [0.25, 0.3) is 11.1 Å². The molecule has 0 saturated carbocycles. The van der Waals surface area contributed by atoms with Crippen LogP contribution in [0.15, 0.2) is 72.9 Å². The van der Waals surface area contributed by atoms with Crippen LogP contribution >= 0.6 is 0 Å². The molecule has 1 aliphatic heterocycles. The second kappa shape index (κ2) is 9.65. The topological polar surface area (TPSA) is 68.6 Å². The molecule has 188 valence electrons. The number of nitrogens with zero attached hydrogens (tertiary/aromatic N) is 3. The highest BCUT2D eigenvalue weighted by Gasteiger charge is 2.33. The number of fused-ring (bicyclic) bond motifs is 3. The predicted molar refractivity (Wildman–Crippen MR) is 145 cm³/mol. The van der Waals surface area contributed by atoms with Crippen LogP contribution in [-0.4, -0.2) is 42.5 Å². The number of rotatable bonds is 7. The first-order valence-corrected chi connectivity index (χ1v) is 12.7. The highest BCUT2D eigenvalue weighted by atomic mass is 16.5. The summed E-state index contributed by atoms with van der Waals surface area (Å²) in [6.45, 7) is 1.42. The van der Waals surface area contributed by atoms with Gasteiger partial charge in [0, 0.05) is 35.7 Å². The third kappa shape index (κ3) is 4.53. The van der Waals surface area contributed by atoms with E-state index in [-0.39, 0.29) is 11.9 Å². The lowest BCUT2D eigenvalue weighted by Crippen LogP contribution is -2.33. The number of carbonyl (C=O) groups is 1. The molecule has 0 spiro atoms. The molecule has 1 atom stereocenters. The van der Waals surface area contributed by atoms with Crippen molar-refractivity contribution in [3.05, 3.63) is 89.7 Å². The zero-order valence-electron chi connectivity index (χ0n) is 21.1. The standard InChI is InChI=1S/C30H30N4O3/c1-36-24-10-6-20(7-11-24)18-33-19-27-26-12-9-23(16-21(26)8-13-28(27)32-33)34-15-14-29(30(34)35)31-22-4-3-5-25(17-22)37-2/h3-7,9-12,16-17,19,29,31H,8,13-15,18H2,1-2H3. The summed E-state index contributed by atoms with van der Waals surface area (Å²) in [6.07, 6.45) is 4.72. The van der Waals surface area contributed by atoms with Crippen molar-refractivity contribution >= 4 is 17.3 Å². The number of benzene rings is 3. The van der Waals surface area contributed by atoms with Crippen LogP contribution in [0, 0.1) is 0 Å². The Kier molecular flexibility index (Phi) is 6.04. The number of methoxy groups -OCH3 is 2. The van der Waals surface area contributed by atoms with Gasteiger partial charge in [0.05, 0.1) is 26.5 Å². The Bertz CT molecular complexity index is 1440. The van der Waals surface area contributed by atoms with Gasteiger partial charge in [0.1, 0.15) is 17.5 Å². The molecule has 1 aromatic heterocycles. The van der Waals surface area contributed by atoms with Crippen molar-refractivity contribution in [2.24, 2.45) is 0 Å². The van der Waals surface area contributed by atoms with E-state index in [1.54, 1.807) is 14.2 Å². The van der Waals surface area contributed by atoms with Crippen LogP contribution in [0.5, 0.6) is 11.5 Å². The minimum Gasteiger partial charge on any atom is -0.497 e. The van der Waals surface area contributed by atoms with E-state index in [2.05, 4.69) is 41.8 Å². The smallest absolute Gasteiger partial charge is 0.249 e. The average molecular weight is 495 g/mol. The largest absolute Gasteiger partial charge is 0.497 e. The summed E-state index contributed by atoms with van der Waals surface area (Å²) in [6, 6.07) is 22.0. The van der Waals surface area contributed by atoms with Crippen LogP contribution in [0.2, 0.25) is 0 Å².